The summed E-state index contributed by atoms with van der Waals surface area (Å²) < 4.78 is 6.50. The van der Waals surface area contributed by atoms with Gasteiger partial charge in [0.25, 0.3) is 0 Å². The van der Waals surface area contributed by atoms with Crippen LogP contribution in [0.3, 0.4) is 0 Å². The maximum atomic E-state index is 6.18. The van der Waals surface area contributed by atoms with Crippen LogP contribution in [0.2, 0.25) is 5.02 Å². The van der Waals surface area contributed by atoms with Crippen LogP contribution < -0.4 is 10.1 Å². The lowest BCUT2D eigenvalue weighted by atomic mass is 9.94. The van der Waals surface area contributed by atoms with Crippen molar-refractivity contribution in [3.63, 3.8) is 0 Å². The van der Waals surface area contributed by atoms with Crippen molar-refractivity contribution < 1.29 is 4.74 Å². The van der Waals surface area contributed by atoms with Crippen LogP contribution in [-0.4, -0.2) is 13.7 Å². The minimum Gasteiger partial charge on any atom is -0.497 e. The lowest BCUT2D eigenvalue weighted by Gasteiger charge is -2.23. The first-order chi connectivity index (χ1) is 10.1. The van der Waals surface area contributed by atoms with Gasteiger partial charge in [0.2, 0.25) is 0 Å². The first-order valence-corrected chi connectivity index (χ1v) is 8.35. The first-order valence-electron chi connectivity index (χ1n) is 6.89. The Bertz CT molecular complexity index is 630. The topological polar surface area (TPSA) is 21.3 Å². The van der Waals surface area contributed by atoms with E-state index in [0.29, 0.717) is 0 Å². The number of aryl methyl sites for hydroxylation is 1. The molecule has 2 aromatic rings. The quantitative estimate of drug-likeness (QED) is 0.697. The van der Waals surface area contributed by atoms with Gasteiger partial charge in [0.1, 0.15) is 5.75 Å². The smallest absolute Gasteiger partial charge is 0.119 e. The highest BCUT2D eigenvalue weighted by Gasteiger charge is 2.18. The number of methoxy groups -OCH3 is 1. The Labute approximate surface area is 145 Å². The van der Waals surface area contributed by atoms with Gasteiger partial charge in [0, 0.05) is 8.59 Å². The molecule has 2 aromatic carbocycles. The number of benzene rings is 2. The van der Waals surface area contributed by atoms with Gasteiger partial charge < -0.3 is 10.1 Å². The Morgan fingerprint density at radius 3 is 2.57 bits per heavy atom. The second kappa shape index (κ2) is 7.47. The van der Waals surface area contributed by atoms with Gasteiger partial charge in [0.05, 0.1) is 13.2 Å². The van der Waals surface area contributed by atoms with Gasteiger partial charge in [-0.3, -0.25) is 0 Å². The number of halogens is 2. The van der Waals surface area contributed by atoms with Crippen LogP contribution in [0.5, 0.6) is 5.75 Å². The monoisotopic (exact) mass is 415 g/mol. The van der Waals surface area contributed by atoms with E-state index in [9.17, 15) is 0 Å². The molecule has 1 unspecified atom stereocenters. The van der Waals surface area contributed by atoms with Gasteiger partial charge in [-0.1, -0.05) is 24.6 Å². The summed E-state index contributed by atoms with van der Waals surface area (Å²) in [4.78, 5) is 0. The van der Waals surface area contributed by atoms with E-state index in [-0.39, 0.29) is 6.04 Å². The summed E-state index contributed by atoms with van der Waals surface area (Å²) in [7, 11) is 1.69. The van der Waals surface area contributed by atoms with E-state index in [4.69, 9.17) is 16.3 Å². The molecule has 21 heavy (non-hydrogen) atoms. The van der Waals surface area contributed by atoms with E-state index >= 15 is 0 Å². The summed E-state index contributed by atoms with van der Waals surface area (Å²) in [5.41, 5.74) is 3.66. The minimum atomic E-state index is 0.131. The average Bonchev–Trinajstić information content (AvgIpc) is 2.48. The SMILES string of the molecule is CCNC(c1ccc(OC)cc1C)c1cc(Cl)ccc1I. The molecule has 0 saturated heterocycles. The molecule has 0 amide bonds. The molecule has 0 aliphatic rings. The molecular formula is C17H19ClINO. The fourth-order valence-electron chi connectivity index (χ4n) is 2.43. The van der Waals surface area contributed by atoms with E-state index in [2.05, 4.69) is 60.0 Å². The summed E-state index contributed by atoms with van der Waals surface area (Å²) in [6.45, 7) is 5.11. The van der Waals surface area contributed by atoms with Crippen molar-refractivity contribution in [2.75, 3.05) is 13.7 Å². The normalized spacial score (nSPS) is 12.2. The maximum Gasteiger partial charge on any atom is 0.119 e. The number of ether oxygens (including phenoxy) is 1. The molecule has 0 heterocycles. The molecule has 0 radical (unpaired) electrons. The van der Waals surface area contributed by atoms with E-state index < -0.39 is 0 Å². The molecule has 0 aromatic heterocycles. The van der Waals surface area contributed by atoms with Crippen LogP contribution in [0.25, 0.3) is 0 Å². The fourth-order valence-corrected chi connectivity index (χ4v) is 3.25. The average molecular weight is 416 g/mol. The lowest BCUT2D eigenvalue weighted by molar-refractivity contribution is 0.414. The third kappa shape index (κ3) is 3.90. The molecule has 0 saturated carbocycles. The number of nitrogens with one attached hydrogen (secondary N) is 1. The van der Waals surface area contributed by atoms with Crippen molar-refractivity contribution in [3.05, 3.63) is 61.7 Å². The molecule has 4 heteroatoms. The molecule has 2 rings (SSSR count). The van der Waals surface area contributed by atoms with E-state index in [1.54, 1.807) is 7.11 Å². The molecule has 2 nitrogen and oxygen atoms in total. The van der Waals surface area contributed by atoms with Crippen molar-refractivity contribution in [2.24, 2.45) is 0 Å². The number of rotatable bonds is 5. The Morgan fingerprint density at radius 1 is 1.19 bits per heavy atom. The molecule has 0 spiro atoms. The third-order valence-corrected chi connectivity index (χ3v) is 4.68. The fraction of sp³-hybridized carbons (Fsp3) is 0.294. The minimum absolute atomic E-state index is 0.131. The zero-order valence-electron chi connectivity index (χ0n) is 12.4. The number of hydrogen-bond acceptors (Lipinski definition) is 2. The predicted molar refractivity (Wildman–Crippen MR) is 97.4 cm³/mol. The van der Waals surface area contributed by atoms with Gasteiger partial charge in [-0.05, 0) is 83.1 Å². The Hall–Kier alpha value is -0.780. The second-order valence-corrected chi connectivity index (χ2v) is 6.48. The van der Waals surface area contributed by atoms with Crippen molar-refractivity contribution in [1.82, 2.24) is 5.32 Å². The molecule has 0 aliphatic carbocycles. The molecule has 1 N–H and O–H groups in total. The summed E-state index contributed by atoms with van der Waals surface area (Å²) in [6.07, 6.45) is 0. The highest BCUT2D eigenvalue weighted by Crippen LogP contribution is 2.31. The van der Waals surface area contributed by atoms with Crippen molar-refractivity contribution in [3.8, 4) is 5.75 Å². The third-order valence-electron chi connectivity index (χ3n) is 3.47. The molecular weight excluding hydrogens is 397 g/mol. The largest absolute Gasteiger partial charge is 0.497 e. The maximum absolute atomic E-state index is 6.18. The van der Waals surface area contributed by atoms with Crippen molar-refractivity contribution >= 4 is 34.2 Å². The summed E-state index contributed by atoms with van der Waals surface area (Å²) in [6, 6.07) is 12.4. The first kappa shape index (κ1) is 16.6. The van der Waals surface area contributed by atoms with Crippen LogP contribution in [0.15, 0.2) is 36.4 Å². The highest BCUT2D eigenvalue weighted by molar-refractivity contribution is 14.1. The van der Waals surface area contributed by atoms with Crippen molar-refractivity contribution in [1.29, 1.82) is 0 Å². The standard InChI is InChI=1S/C17H19ClINO/c1-4-20-17(15-10-12(18)5-8-16(15)19)14-7-6-13(21-3)9-11(14)2/h5-10,17,20H,4H2,1-3H3. The molecule has 112 valence electrons. The molecule has 0 fully saturated rings. The van der Waals surface area contributed by atoms with Crippen LogP contribution in [0, 0.1) is 10.5 Å². The summed E-state index contributed by atoms with van der Waals surface area (Å²) >= 11 is 8.55. The lowest BCUT2D eigenvalue weighted by Crippen LogP contribution is -2.23. The van der Waals surface area contributed by atoms with E-state index in [0.717, 1.165) is 17.3 Å². The van der Waals surface area contributed by atoms with Crippen LogP contribution in [-0.2, 0) is 0 Å². The van der Waals surface area contributed by atoms with Crippen LogP contribution >= 0.6 is 34.2 Å². The molecule has 1 atom stereocenters. The Morgan fingerprint density at radius 2 is 1.95 bits per heavy atom. The zero-order chi connectivity index (χ0) is 15.4. The number of hydrogen-bond donors (Lipinski definition) is 1. The van der Waals surface area contributed by atoms with E-state index in [1.165, 1.54) is 20.3 Å². The molecule has 0 bridgehead atoms. The van der Waals surface area contributed by atoms with Gasteiger partial charge in [0.15, 0.2) is 0 Å². The van der Waals surface area contributed by atoms with Gasteiger partial charge in [-0.15, -0.1) is 0 Å². The van der Waals surface area contributed by atoms with Gasteiger partial charge in [-0.25, -0.2) is 0 Å². The summed E-state index contributed by atoms with van der Waals surface area (Å²) in [5, 5.41) is 4.32. The van der Waals surface area contributed by atoms with Gasteiger partial charge in [-0.2, -0.15) is 0 Å². The second-order valence-electron chi connectivity index (χ2n) is 4.88. The highest BCUT2D eigenvalue weighted by atomic mass is 127. The zero-order valence-corrected chi connectivity index (χ0v) is 15.3. The molecule has 0 aliphatic heterocycles. The predicted octanol–water partition coefficient (Wildman–Crippen LogP) is 4.96. The Balaban J connectivity index is 2.50. The Kier molecular flexibility index (Phi) is 5.90. The van der Waals surface area contributed by atoms with E-state index in [1.807, 2.05) is 18.2 Å². The van der Waals surface area contributed by atoms with Gasteiger partial charge >= 0.3 is 0 Å². The van der Waals surface area contributed by atoms with Crippen LogP contribution in [0.1, 0.15) is 29.7 Å². The summed E-state index contributed by atoms with van der Waals surface area (Å²) in [5.74, 6) is 0.882. The van der Waals surface area contributed by atoms with Crippen LogP contribution in [0.4, 0.5) is 0 Å². The van der Waals surface area contributed by atoms with Crippen molar-refractivity contribution in [2.45, 2.75) is 19.9 Å².